The normalized spacial score (nSPS) is 36.0. The molecule has 0 radical (unpaired) electrons. The van der Waals surface area contributed by atoms with Gasteiger partial charge in [-0.1, -0.05) is 37.9 Å². The van der Waals surface area contributed by atoms with Crippen molar-refractivity contribution in [2.75, 3.05) is 11.9 Å². The Morgan fingerprint density at radius 2 is 1.76 bits per heavy atom. The van der Waals surface area contributed by atoms with Gasteiger partial charge in [-0.2, -0.15) is 0 Å². The highest BCUT2D eigenvalue weighted by molar-refractivity contribution is 9.12. The van der Waals surface area contributed by atoms with Crippen molar-refractivity contribution in [1.29, 1.82) is 0 Å². The van der Waals surface area contributed by atoms with E-state index in [-0.39, 0.29) is 57.4 Å². The first-order valence-corrected chi connectivity index (χ1v) is 9.94. The summed E-state index contributed by atoms with van der Waals surface area (Å²) in [6, 6.07) is 6.13. The van der Waals surface area contributed by atoms with Crippen molar-refractivity contribution in [3.05, 3.63) is 24.3 Å². The molecule has 1 aromatic carbocycles. The first kappa shape index (κ1) is 17.0. The van der Waals surface area contributed by atoms with Crippen LogP contribution in [0, 0.1) is 23.7 Å². The monoisotopic (exact) mass is 470 g/mol. The average molecular weight is 472 g/mol. The van der Waals surface area contributed by atoms with Gasteiger partial charge in [0.1, 0.15) is 12.3 Å². The molecule has 3 amide bonds. The van der Waals surface area contributed by atoms with Crippen LogP contribution in [0.2, 0.25) is 0 Å². The molecule has 4 rings (SSSR count). The molecule has 1 saturated heterocycles. The standard InChI is InChI=1S/C17H16Br2N2O4/c18-14-9-5-10(15(14)19)13-12(9)16(24)21(17(13)25)6-11(23)20-7-2-1-3-8(22)4-7/h1-4,9-10,12-15,22H,5-6H2,(H,20,23)/t9-,10-,12-,13+,14-,15+/m0/s1. The molecular weight excluding hydrogens is 456 g/mol. The number of anilines is 1. The van der Waals surface area contributed by atoms with Crippen LogP contribution in [0.25, 0.3) is 0 Å². The zero-order valence-corrected chi connectivity index (χ0v) is 16.2. The van der Waals surface area contributed by atoms with Crippen molar-refractivity contribution in [3.63, 3.8) is 0 Å². The molecule has 1 aliphatic heterocycles. The summed E-state index contributed by atoms with van der Waals surface area (Å²) in [5, 5.41) is 12.0. The van der Waals surface area contributed by atoms with E-state index in [9.17, 15) is 19.5 Å². The molecule has 8 heteroatoms. The Morgan fingerprint density at radius 3 is 2.32 bits per heavy atom. The molecule has 3 aliphatic rings. The maximum atomic E-state index is 12.7. The van der Waals surface area contributed by atoms with Gasteiger partial charge in [0, 0.05) is 21.4 Å². The first-order valence-electron chi connectivity index (χ1n) is 8.10. The molecule has 1 aromatic rings. The summed E-state index contributed by atoms with van der Waals surface area (Å²) in [4.78, 5) is 39.2. The quantitative estimate of drug-likeness (QED) is 0.522. The van der Waals surface area contributed by atoms with Crippen LogP contribution >= 0.6 is 31.9 Å². The Kier molecular flexibility index (Phi) is 4.15. The Balaban J connectivity index is 1.48. The second kappa shape index (κ2) is 6.09. The van der Waals surface area contributed by atoms with E-state index in [1.807, 2.05) is 0 Å². The maximum Gasteiger partial charge on any atom is 0.244 e. The van der Waals surface area contributed by atoms with Gasteiger partial charge < -0.3 is 10.4 Å². The molecular formula is C17H16Br2N2O4. The van der Waals surface area contributed by atoms with Crippen LogP contribution in [0.15, 0.2) is 24.3 Å². The number of rotatable bonds is 3. The lowest BCUT2D eigenvalue weighted by atomic mass is 9.81. The van der Waals surface area contributed by atoms with E-state index in [0.29, 0.717) is 5.69 Å². The van der Waals surface area contributed by atoms with Crippen molar-refractivity contribution in [2.24, 2.45) is 23.7 Å². The smallest absolute Gasteiger partial charge is 0.244 e. The number of carbonyl (C=O) groups is 3. The molecule has 0 spiro atoms. The number of imide groups is 1. The summed E-state index contributed by atoms with van der Waals surface area (Å²) in [6.45, 7) is -0.292. The van der Waals surface area contributed by atoms with Crippen LogP contribution in [0.5, 0.6) is 5.75 Å². The summed E-state index contributed by atoms with van der Waals surface area (Å²) >= 11 is 7.27. The van der Waals surface area contributed by atoms with Crippen LogP contribution < -0.4 is 5.32 Å². The number of likely N-dealkylation sites (tertiary alicyclic amines) is 1. The van der Waals surface area contributed by atoms with E-state index in [1.165, 1.54) is 12.1 Å². The fraction of sp³-hybridized carbons (Fsp3) is 0.471. The van der Waals surface area contributed by atoms with Gasteiger partial charge in [-0.15, -0.1) is 0 Å². The Morgan fingerprint density at radius 1 is 1.16 bits per heavy atom. The number of fused-ring (bicyclic) bond motifs is 5. The highest BCUT2D eigenvalue weighted by Gasteiger charge is 2.66. The summed E-state index contributed by atoms with van der Waals surface area (Å²) in [5.41, 5.74) is 0.422. The number of hydrogen-bond donors (Lipinski definition) is 2. The van der Waals surface area contributed by atoms with Gasteiger partial charge >= 0.3 is 0 Å². The highest BCUT2D eigenvalue weighted by atomic mass is 79.9. The number of carbonyl (C=O) groups excluding carboxylic acids is 3. The topological polar surface area (TPSA) is 86.7 Å². The summed E-state index contributed by atoms with van der Waals surface area (Å²) in [6.07, 6.45) is 0.863. The minimum Gasteiger partial charge on any atom is -0.508 e. The average Bonchev–Trinajstić information content (AvgIpc) is 3.15. The Hall–Kier alpha value is -1.41. The van der Waals surface area contributed by atoms with Crippen LogP contribution in [0.1, 0.15) is 6.42 Å². The third kappa shape index (κ3) is 2.61. The lowest BCUT2D eigenvalue weighted by molar-refractivity contribution is -0.143. The summed E-state index contributed by atoms with van der Waals surface area (Å²) in [7, 11) is 0. The third-order valence-electron chi connectivity index (χ3n) is 5.51. The molecule has 2 N–H and O–H groups in total. The van der Waals surface area contributed by atoms with Gasteiger partial charge in [0.05, 0.1) is 11.8 Å². The number of aromatic hydroxyl groups is 1. The second-order valence-corrected chi connectivity index (χ2v) is 8.98. The molecule has 1 heterocycles. The van der Waals surface area contributed by atoms with E-state index in [0.717, 1.165) is 11.3 Å². The highest BCUT2D eigenvalue weighted by Crippen LogP contribution is 2.60. The van der Waals surface area contributed by atoms with Crippen LogP contribution in [0.4, 0.5) is 5.69 Å². The van der Waals surface area contributed by atoms with Gasteiger partial charge in [0.15, 0.2) is 0 Å². The van der Waals surface area contributed by atoms with Gasteiger partial charge in [0.25, 0.3) is 0 Å². The fourth-order valence-corrected chi connectivity index (χ4v) is 6.37. The first-order chi connectivity index (χ1) is 11.9. The Bertz CT molecular complexity index is 739. The number of hydrogen-bond acceptors (Lipinski definition) is 4. The van der Waals surface area contributed by atoms with E-state index in [2.05, 4.69) is 37.2 Å². The van der Waals surface area contributed by atoms with Crippen molar-refractivity contribution in [2.45, 2.75) is 16.1 Å². The molecule has 0 aromatic heterocycles. The number of amides is 3. The fourth-order valence-electron chi connectivity index (χ4n) is 4.49. The number of nitrogens with zero attached hydrogens (tertiary/aromatic N) is 1. The molecule has 6 nitrogen and oxygen atoms in total. The van der Waals surface area contributed by atoms with Gasteiger partial charge in [-0.05, 0) is 30.4 Å². The third-order valence-corrected chi connectivity index (χ3v) is 8.72. The lowest BCUT2D eigenvalue weighted by Gasteiger charge is -2.28. The summed E-state index contributed by atoms with van der Waals surface area (Å²) < 4.78 is 0. The van der Waals surface area contributed by atoms with E-state index < -0.39 is 5.91 Å². The van der Waals surface area contributed by atoms with Crippen LogP contribution in [0.3, 0.4) is 0 Å². The molecule has 25 heavy (non-hydrogen) atoms. The second-order valence-electron chi connectivity index (χ2n) is 6.86. The number of alkyl halides is 2. The molecule has 2 bridgehead atoms. The molecule has 6 atom stereocenters. The lowest BCUT2D eigenvalue weighted by Crippen LogP contribution is -2.39. The van der Waals surface area contributed by atoms with E-state index in [4.69, 9.17) is 0 Å². The van der Waals surface area contributed by atoms with Crippen molar-refractivity contribution >= 4 is 55.3 Å². The van der Waals surface area contributed by atoms with Crippen molar-refractivity contribution < 1.29 is 19.5 Å². The van der Waals surface area contributed by atoms with E-state index in [1.54, 1.807) is 12.1 Å². The number of halogens is 2. The Labute approximate surface area is 161 Å². The largest absolute Gasteiger partial charge is 0.508 e. The van der Waals surface area contributed by atoms with E-state index >= 15 is 0 Å². The van der Waals surface area contributed by atoms with Crippen LogP contribution in [-0.4, -0.2) is 43.9 Å². The molecule has 2 saturated carbocycles. The minimum atomic E-state index is -0.453. The number of nitrogens with one attached hydrogen (secondary N) is 1. The zero-order chi connectivity index (χ0) is 17.9. The van der Waals surface area contributed by atoms with Gasteiger partial charge in [-0.25, -0.2) is 0 Å². The van der Waals surface area contributed by atoms with Gasteiger partial charge in [-0.3, -0.25) is 19.3 Å². The minimum absolute atomic E-state index is 0.0314. The van der Waals surface area contributed by atoms with Gasteiger partial charge in [0.2, 0.25) is 17.7 Å². The zero-order valence-electron chi connectivity index (χ0n) is 13.1. The number of phenolic OH excluding ortho intramolecular Hbond substituents is 1. The number of benzene rings is 1. The maximum absolute atomic E-state index is 12.7. The summed E-state index contributed by atoms with van der Waals surface area (Å²) in [5.74, 6) is -1.26. The molecule has 0 unspecified atom stereocenters. The SMILES string of the molecule is O=C(CN1C(=O)[C@@H]2[C@@H]3C[C@H]([C@H](Br)[C@@H]3Br)[C@@H]2C1=O)Nc1cccc(O)c1. The predicted molar refractivity (Wildman–Crippen MR) is 97.5 cm³/mol. The van der Waals surface area contributed by atoms with Crippen molar-refractivity contribution in [3.8, 4) is 5.75 Å². The number of phenols is 1. The van der Waals surface area contributed by atoms with Crippen molar-refractivity contribution in [1.82, 2.24) is 4.90 Å². The van der Waals surface area contributed by atoms with Crippen LogP contribution in [-0.2, 0) is 14.4 Å². The predicted octanol–water partition coefficient (Wildman–Crippen LogP) is 2.11. The molecule has 132 valence electrons. The molecule has 2 aliphatic carbocycles. The molecule has 3 fully saturated rings.